The molecule has 1 N–H and O–H groups in total. The van der Waals surface area contributed by atoms with E-state index in [9.17, 15) is 0 Å². The van der Waals surface area contributed by atoms with Crippen molar-refractivity contribution in [1.29, 1.82) is 5.26 Å². The highest BCUT2D eigenvalue weighted by atomic mass is 32.1. The van der Waals surface area contributed by atoms with Crippen LogP contribution in [0.2, 0.25) is 0 Å². The molecule has 0 saturated carbocycles. The second-order valence-electron chi connectivity index (χ2n) is 4.06. The predicted octanol–water partition coefficient (Wildman–Crippen LogP) is 3.45. The van der Waals surface area contributed by atoms with Gasteiger partial charge in [-0.05, 0) is 43.2 Å². The lowest BCUT2D eigenvalue weighted by Gasteiger charge is -2.24. The fraction of sp³-hybridized carbons (Fsp3) is 0.500. The zero-order valence-electron chi connectivity index (χ0n) is 8.84. The minimum absolute atomic E-state index is 0.594. The van der Waals surface area contributed by atoms with Crippen molar-refractivity contribution < 1.29 is 0 Å². The predicted molar refractivity (Wildman–Crippen MR) is 62.3 cm³/mol. The van der Waals surface area contributed by atoms with Crippen LogP contribution in [0.15, 0.2) is 6.07 Å². The number of aromatic amines is 1. The Bertz CT molecular complexity index is 467. The van der Waals surface area contributed by atoms with Crippen molar-refractivity contribution in [3.63, 3.8) is 0 Å². The Kier molecular flexibility index (Phi) is 2.88. The summed E-state index contributed by atoms with van der Waals surface area (Å²) < 4.78 is 0.594. The van der Waals surface area contributed by atoms with Gasteiger partial charge in [0.1, 0.15) is 10.7 Å². The third-order valence-corrected chi connectivity index (χ3v) is 3.50. The molecule has 0 aliphatic heterocycles. The molecule has 0 spiro atoms. The van der Waals surface area contributed by atoms with E-state index >= 15 is 0 Å². The molecule has 1 aromatic heterocycles. The Morgan fingerprint density at radius 2 is 2.47 bits per heavy atom. The molecule has 1 aromatic rings. The summed E-state index contributed by atoms with van der Waals surface area (Å²) in [7, 11) is 0. The lowest BCUT2D eigenvalue weighted by atomic mass is 9.85. The summed E-state index contributed by atoms with van der Waals surface area (Å²) in [4.78, 5) is 3.24. The third-order valence-electron chi connectivity index (χ3n) is 3.18. The Hall–Kier alpha value is -1.14. The van der Waals surface area contributed by atoms with Crippen LogP contribution in [0.4, 0.5) is 0 Å². The van der Waals surface area contributed by atoms with Gasteiger partial charge >= 0.3 is 0 Å². The smallest absolute Gasteiger partial charge is 0.121 e. The summed E-state index contributed by atoms with van der Waals surface area (Å²) in [5, 5.41) is 8.91. The number of H-pyrrole nitrogens is 1. The molecule has 1 aliphatic carbocycles. The monoisotopic (exact) mass is 218 g/mol. The molecule has 0 fully saturated rings. The molecule has 2 nitrogen and oxygen atoms in total. The summed E-state index contributed by atoms with van der Waals surface area (Å²) in [6.07, 6.45) is 4.68. The Labute approximate surface area is 95.0 Å². The molecular formula is C12H14N2S. The fourth-order valence-electron chi connectivity index (χ4n) is 2.33. The number of nitriles is 1. The minimum Gasteiger partial charge on any atom is -0.348 e. The van der Waals surface area contributed by atoms with E-state index in [1.54, 1.807) is 0 Å². The first-order valence-electron chi connectivity index (χ1n) is 5.42. The largest absolute Gasteiger partial charge is 0.348 e. The highest BCUT2D eigenvalue weighted by Gasteiger charge is 2.19. The molecule has 15 heavy (non-hydrogen) atoms. The van der Waals surface area contributed by atoms with Gasteiger partial charge < -0.3 is 4.98 Å². The van der Waals surface area contributed by atoms with Crippen LogP contribution in [0.1, 0.15) is 48.9 Å². The number of nitrogens with one attached hydrogen (secondary N) is 1. The van der Waals surface area contributed by atoms with E-state index in [2.05, 4.69) is 18.0 Å². The van der Waals surface area contributed by atoms with Gasteiger partial charge in [-0.3, -0.25) is 0 Å². The van der Waals surface area contributed by atoms with Crippen LogP contribution >= 0.6 is 12.2 Å². The lowest BCUT2D eigenvalue weighted by Crippen LogP contribution is -2.12. The van der Waals surface area contributed by atoms with Gasteiger partial charge in [0.05, 0.1) is 5.56 Å². The van der Waals surface area contributed by atoms with Gasteiger partial charge in [-0.1, -0.05) is 19.1 Å². The van der Waals surface area contributed by atoms with E-state index in [1.807, 2.05) is 6.07 Å². The van der Waals surface area contributed by atoms with Crippen molar-refractivity contribution in [2.45, 2.75) is 38.5 Å². The first-order valence-corrected chi connectivity index (χ1v) is 5.83. The van der Waals surface area contributed by atoms with Crippen molar-refractivity contribution in [1.82, 2.24) is 4.98 Å². The van der Waals surface area contributed by atoms with Crippen LogP contribution in [0.25, 0.3) is 0 Å². The standard InChI is InChI=1S/C12H14N2S/c1-2-8-4-3-5-9-6-10(7-13)12(15)14-11(8)9/h6,8H,2-5H2,1H3,(H,14,15). The van der Waals surface area contributed by atoms with Gasteiger partial charge in [0, 0.05) is 5.69 Å². The molecule has 0 radical (unpaired) electrons. The summed E-state index contributed by atoms with van der Waals surface area (Å²) >= 11 is 5.16. The summed E-state index contributed by atoms with van der Waals surface area (Å²) in [6.45, 7) is 2.20. The molecule has 1 unspecified atom stereocenters. The molecule has 1 atom stereocenters. The second kappa shape index (κ2) is 4.16. The third kappa shape index (κ3) is 1.82. The molecule has 0 amide bonds. The van der Waals surface area contributed by atoms with Gasteiger partial charge in [0.25, 0.3) is 0 Å². The zero-order chi connectivity index (χ0) is 10.8. The molecular weight excluding hydrogens is 204 g/mol. The molecule has 0 bridgehead atoms. The number of aromatic nitrogens is 1. The van der Waals surface area contributed by atoms with E-state index in [4.69, 9.17) is 17.5 Å². The first kappa shape index (κ1) is 10.4. The van der Waals surface area contributed by atoms with Crippen LogP contribution in [0.3, 0.4) is 0 Å². The number of hydrogen-bond donors (Lipinski definition) is 1. The van der Waals surface area contributed by atoms with Crippen LogP contribution in [-0.2, 0) is 6.42 Å². The molecule has 1 aliphatic rings. The normalized spacial score (nSPS) is 19.3. The van der Waals surface area contributed by atoms with Crippen molar-refractivity contribution in [2.24, 2.45) is 0 Å². The van der Waals surface area contributed by atoms with Gasteiger partial charge in [-0.15, -0.1) is 0 Å². The number of pyridine rings is 1. The molecule has 2 rings (SSSR count). The Morgan fingerprint density at radius 3 is 3.13 bits per heavy atom. The molecule has 3 heteroatoms. The van der Waals surface area contributed by atoms with Crippen LogP contribution in [0, 0.1) is 16.0 Å². The number of nitrogens with zero attached hydrogens (tertiary/aromatic N) is 1. The Morgan fingerprint density at radius 1 is 1.67 bits per heavy atom. The summed E-state index contributed by atoms with van der Waals surface area (Å²) in [5.74, 6) is 0.600. The van der Waals surface area contributed by atoms with E-state index in [1.165, 1.54) is 24.1 Å². The highest BCUT2D eigenvalue weighted by molar-refractivity contribution is 7.71. The van der Waals surface area contributed by atoms with Crippen molar-refractivity contribution in [3.05, 3.63) is 27.5 Å². The average molecular weight is 218 g/mol. The molecule has 0 saturated heterocycles. The lowest BCUT2D eigenvalue weighted by molar-refractivity contribution is 0.524. The quantitative estimate of drug-likeness (QED) is 0.733. The fourth-order valence-corrected chi connectivity index (χ4v) is 2.55. The summed E-state index contributed by atoms with van der Waals surface area (Å²) in [6, 6.07) is 4.11. The number of rotatable bonds is 1. The maximum Gasteiger partial charge on any atom is 0.121 e. The highest BCUT2D eigenvalue weighted by Crippen LogP contribution is 2.32. The number of hydrogen-bond acceptors (Lipinski definition) is 2. The van der Waals surface area contributed by atoms with Crippen molar-refractivity contribution in [2.75, 3.05) is 0 Å². The van der Waals surface area contributed by atoms with Crippen molar-refractivity contribution >= 4 is 12.2 Å². The first-order chi connectivity index (χ1) is 7.26. The van der Waals surface area contributed by atoms with E-state index < -0.39 is 0 Å². The van der Waals surface area contributed by atoms with E-state index in [0.717, 1.165) is 12.8 Å². The van der Waals surface area contributed by atoms with Gasteiger partial charge in [0.2, 0.25) is 0 Å². The zero-order valence-corrected chi connectivity index (χ0v) is 9.66. The maximum atomic E-state index is 8.91. The Balaban J connectivity index is 2.56. The number of fused-ring (bicyclic) bond motifs is 1. The van der Waals surface area contributed by atoms with E-state index in [0.29, 0.717) is 16.1 Å². The minimum atomic E-state index is 0.594. The van der Waals surface area contributed by atoms with Crippen LogP contribution in [-0.4, -0.2) is 4.98 Å². The van der Waals surface area contributed by atoms with Gasteiger partial charge in [-0.2, -0.15) is 5.26 Å². The average Bonchev–Trinajstić information content (AvgIpc) is 2.27. The van der Waals surface area contributed by atoms with Gasteiger partial charge in [0.15, 0.2) is 0 Å². The molecule has 0 aromatic carbocycles. The van der Waals surface area contributed by atoms with Crippen LogP contribution in [0.5, 0.6) is 0 Å². The maximum absolute atomic E-state index is 8.91. The van der Waals surface area contributed by atoms with Gasteiger partial charge in [-0.25, -0.2) is 0 Å². The second-order valence-corrected chi connectivity index (χ2v) is 4.47. The molecule has 78 valence electrons. The molecule has 1 heterocycles. The van der Waals surface area contributed by atoms with Crippen LogP contribution < -0.4 is 0 Å². The van der Waals surface area contributed by atoms with Crippen molar-refractivity contribution in [3.8, 4) is 6.07 Å². The SMILES string of the molecule is CCC1CCCc2cc(C#N)c(=S)[nH]c21. The topological polar surface area (TPSA) is 39.6 Å². The van der Waals surface area contributed by atoms with E-state index in [-0.39, 0.29) is 0 Å². The summed E-state index contributed by atoms with van der Waals surface area (Å²) in [5.41, 5.74) is 3.17. The number of aryl methyl sites for hydroxylation is 1.